The molecule has 4 rings (SSSR count). The topological polar surface area (TPSA) is 59.5 Å². The molecule has 0 aliphatic heterocycles. The number of imidazole rings is 1. The van der Waals surface area contributed by atoms with Gasteiger partial charge in [-0.25, -0.2) is 23.3 Å². The van der Waals surface area contributed by atoms with Gasteiger partial charge in [-0.05, 0) is 25.1 Å². The number of nitrogens with one attached hydrogen (secondary N) is 1. The smallest absolute Gasteiger partial charge is 0.264 e. The van der Waals surface area contributed by atoms with Crippen LogP contribution in [0.25, 0.3) is 22.3 Å². The van der Waals surface area contributed by atoms with Crippen molar-refractivity contribution < 1.29 is 8.78 Å². The van der Waals surface area contributed by atoms with E-state index in [1.165, 1.54) is 6.92 Å². The fraction of sp³-hybridized carbons (Fsp3) is 0.235. The van der Waals surface area contributed by atoms with Gasteiger partial charge in [0.2, 0.25) is 5.95 Å². The zero-order valence-electron chi connectivity index (χ0n) is 13.7. The fourth-order valence-corrected chi connectivity index (χ4v) is 2.61. The number of aromatic nitrogens is 5. The Bertz CT molecular complexity index is 1050. The minimum atomic E-state index is -2.86. The molecule has 0 fully saturated rings. The number of nitrogens with zero attached hydrogens (tertiary/aromatic N) is 5. The van der Waals surface area contributed by atoms with Gasteiger partial charge in [0, 0.05) is 42.8 Å². The number of hydrogen-bond acceptors (Lipinski definition) is 4. The molecule has 0 saturated heterocycles. The molecule has 4 aromatic heterocycles. The third kappa shape index (κ3) is 2.79. The summed E-state index contributed by atoms with van der Waals surface area (Å²) in [5.41, 5.74) is 3.60. The Morgan fingerprint density at radius 3 is 2.80 bits per heavy atom. The molecule has 0 bridgehead atoms. The fourth-order valence-electron chi connectivity index (χ4n) is 2.61. The number of alkyl halides is 2. The van der Waals surface area contributed by atoms with Crippen LogP contribution in [0, 0.1) is 0 Å². The molecule has 0 aromatic carbocycles. The highest BCUT2D eigenvalue weighted by molar-refractivity contribution is 5.80. The van der Waals surface area contributed by atoms with E-state index in [-0.39, 0.29) is 5.95 Å². The molecule has 25 heavy (non-hydrogen) atoms. The van der Waals surface area contributed by atoms with Gasteiger partial charge < -0.3 is 9.72 Å². The van der Waals surface area contributed by atoms with E-state index < -0.39 is 12.0 Å². The third-order valence-electron chi connectivity index (χ3n) is 4.22. The molecule has 0 aliphatic rings. The lowest BCUT2D eigenvalue weighted by atomic mass is 10.1. The van der Waals surface area contributed by atoms with E-state index in [0.29, 0.717) is 0 Å². The highest BCUT2D eigenvalue weighted by Gasteiger charge is 2.30. The Morgan fingerprint density at radius 1 is 1.16 bits per heavy atom. The first-order valence-corrected chi connectivity index (χ1v) is 7.84. The van der Waals surface area contributed by atoms with Gasteiger partial charge in [-0.3, -0.25) is 0 Å². The van der Waals surface area contributed by atoms with Crippen LogP contribution in [-0.2, 0) is 0 Å². The number of rotatable bonds is 4. The van der Waals surface area contributed by atoms with E-state index in [2.05, 4.69) is 20.4 Å². The van der Waals surface area contributed by atoms with Crippen LogP contribution in [0.2, 0.25) is 0 Å². The van der Waals surface area contributed by atoms with Crippen LogP contribution in [0.4, 0.5) is 14.7 Å². The first-order chi connectivity index (χ1) is 11.9. The zero-order valence-corrected chi connectivity index (χ0v) is 13.7. The van der Waals surface area contributed by atoms with Gasteiger partial charge in [-0.1, -0.05) is 0 Å². The van der Waals surface area contributed by atoms with Gasteiger partial charge in [0.1, 0.15) is 5.65 Å². The van der Waals surface area contributed by atoms with Gasteiger partial charge in [-0.2, -0.15) is 0 Å². The van der Waals surface area contributed by atoms with E-state index in [0.717, 1.165) is 29.2 Å². The molecule has 0 amide bonds. The summed E-state index contributed by atoms with van der Waals surface area (Å²) in [6, 6.07) is 4.76. The average molecular weight is 342 g/mol. The summed E-state index contributed by atoms with van der Waals surface area (Å²) in [6.45, 7) is 2.26. The van der Waals surface area contributed by atoms with Crippen LogP contribution in [0.5, 0.6) is 0 Å². The number of pyridine rings is 1. The van der Waals surface area contributed by atoms with E-state index in [9.17, 15) is 8.78 Å². The number of anilines is 1. The van der Waals surface area contributed by atoms with E-state index in [1.807, 2.05) is 35.0 Å². The van der Waals surface area contributed by atoms with E-state index in [4.69, 9.17) is 0 Å². The molecular weight excluding hydrogens is 326 g/mol. The number of halogens is 2. The van der Waals surface area contributed by atoms with Crippen molar-refractivity contribution in [2.24, 2.45) is 0 Å². The van der Waals surface area contributed by atoms with Crippen LogP contribution in [-0.4, -0.2) is 35.9 Å². The van der Waals surface area contributed by atoms with Crippen LogP contribution in [0.3, 0.4) is 0 Å². The van der Waals surface area contributed by atoms with Crippen molar-refractivity contribution in [1.82, 2.24) is 24.0 Å². The summed E-state index contributed by atoms with van der Waals surface area (Å²) in [5, 5.41) is 6.91. The molecule has 0 saturated carbocycles. The maximum absolute atomic E-state index is 13.3. The molecule has 6 nitrogen and oxygen atoms in total. The molecule has 0 aliphatic carbocycles. The Kier molecular flexibility index (Phi) is 3.41. The highest BCUT2D eigenvalue weighted by atomic mass is 19.3. The lowest BCUT2D eigenvalue weighted by molar-refractivity contribution is 0.00673. The van der Waals surface area contributed by atoms with Crippen molar-refractivity contribution in [2.75, 3.05) is 5.32 Å². The van der Waals surface area contributed by atoms with Gasteiger partial charge in [0.15, 0.2) is 0 Å². The Morgan fingerprint density at radius 2 is 2.00 bits per heavy atom. The van der Waals surface area contributed by atoms with E-state index in [1.54, 1.807) is 23.1 Å². The highest BCUT2D eigenvalue weighted by Crippen LogP contribution is 2.26. The first kappa shape index (κ1) is 15.5. The van der Waals surface area contributed by atoms with Gasteiger partial charge in [0.25, 0.3) is 5.92 Å². The first-order valence-electron chi connectivity index (χ1n) is 7.84. The van der Waals surface area contributed by atoms with Crippen LogP contribution in [0.1, 0.15) is 13.8 Å². The standard InChI is InChI=1S/C17H16F2N6/c1-11(17(2,18)19)22-16-21-9-14-13(5-7-25(14)23-16)12-3-4-15-20-6-8-24(15)10-12/h3-11H,1-2H3,(H,22,23)/t11-/m1/s1. The van der Waals surface area contributed by atoms with Crippen molar-refractivity contribution in [1.29, 1.82) is 0 Å². The van der Waals surface area contributed by atoms with Crippen molar-refractivity contribution in [3.63, 3.8) is 0 Å². The van der Waals surface area contributed by atoms with Gasteiger partial charge in [0.05, 0.1) is 17.8 Å². The maximum Gasteiger partial charge on any atom is 0.264 e. The quantitative estimate of drug-likeness (QED) is 0.617. The lowest BCUT2D eigenvalue weighted by Gasteiger charge is -2.20. The summed E-state index contributed by atoms with van der Waals surface area (Å²) in [5.74, 6) is -2.70. The summed E-state index contributed by atoms with van der Waals surface area (Å²) < 4.78 is 30.2. The van der Waals surface area contributed by atoms with Crippen molar-refractivity contribution >= 4 is 17.1 Å². The average Bonchev–Trinajstić information content (AvgIpc) is 3.19. The molecule has 128 valence electrons. The minimum Gasteiger partial charge on any atom is -0.344 e. The summed E-state index contributed by atoms with van der Waals surface area (Å²) in [6.07, 6.45) is 9.00. The largest absolute Gasteiger partial charge is 0.344 e. The third-order valence-corrected chi connectivity index (χ3v) is 4.22. The van der Waals surface area contributed by atoms with Crippen LogP contribution < -0.4 is 5.32 Å². The molecule has 0 spiro atoms. The van der Waals surface area contributed by atoms with Crippen molar-refractivity contribution in [2.45, 2.75) is 25.8 Å². The molecule has 4 heterocycles. The van der Waals surface area contributed by atoms with Crippen LogP contribution >= 0.6 is 0 Å². The van der Waals surface area contributed by atoms with Gasteiger partial charge in [-0.15, -0.1) is 5.10 Å². The van der Waals surface area contributed by atoms with Crippen LogP contribution in [0.15, 0.2) is 49.2 Å². The van der Waals surface area contributed by atoms with Gasteiger partial charge >= 0.3 is 0 Å². The second-order valence-electron chi connectivity index (χ2n) is 6.07. The van der Waals surface area contributed by atoms with E-state index >= 15 is 0 Å². The summed E-state index contributed by atoms with van der Waals surface area (Å²) in [7, 11) is 0. The molecule has 1 atom stereocenters. The predicted octanol–water partition coefficient (Wildman–Crippen LogP) is 3.50. The molecule has 8 heteroatoms. The second-order valence-corrected chi connectivity index (χ2v) is 6.07. The second kappa shape index (κ2) is 5.51. The monoisotopic (exact) mass is 342 g/mol. The summed E-state index contributed by atoms with van der Waals surface area (Å²) >= 11 is 0. The Labute approximate surface area is 142 Å². The Balaban J connectivity index is 1.70. The predicted molar refractivity (Wildman–Crippen MR) is 90.9 cm³/mol. The summed E-state index contributed by atoms with van der Waals surface area (Å²) in [4.78, 5) is 8.40. The normalized spacial score (nSPS) is 13.4. The maximum atomic E-state index is 13.3. The number of hydrogen-bond donors (Lipinski definition) is 1. The molecular formula is C17H16F2N6. The molecule has 4 aromatic rings. The van der Waals surface area contributed by atoms with Crippen molar-refractivity contribution in [3.8, 4) is 11.1 Å². The molecule has 0 radical (unpaired) electrons. The SMILES string of the molecule is C[C@@H](Nc1ncc2c(-c3ccc4nccn4c3)ccn2n1)C(C)(F)F. The number of fused-ring (bicyclic) bond motifs is 2. The van der Waals surface area contributed by atoms with Crippen molar-refractivity contribution in [3.05, 3.63) is 49.2 Å². The lowest BCUT2D eigenvalue weighted by Crippen LogP contribution is -2.35. The molecule has 1 N–H and O–H groups in total. The zero-order chi connectivity index (χ0) is 17.6. The molecule has 0 unspecified atom stereocenters. The Hall–Kier alpha value is -3.03. The minimum absolute atomic E-state index is 0.161.